The minimum Gasteiger partial charge on any atom is -0.462 e. The van der Waals surface area contributed by atoms with E-state index >= 15 is 0 Å². The zero-order chi connectivity index (χ0) is 14.2. The van der Waals surface area contributed by atoms with Crippen LogP contribution in [-0.4, -0.2) is 18.7 Å². The van der Waals surface area contributed by atoms with E-state index in [2.05, 4.69) is 0 Å². The molecule has 0 radical (unpaired) electrons. The third kappa shape index (κ3) is 1.99. The molecule has 2 aliphatic heterocycles. The molecule has 4 nitrogen and oxygen atoms in total. The van der Waals surface area contributed by atoms with E-state index in [4.69, 9.17) is 9.57 Å². The van der Waals surface area contributed by atoms with Crippen molar-refractivity contribution in [2.75, 3.05) is 11.7 Å². The zero-order valence-electron chi connectivity index (χ0n) is 11.4. The van der Waals surface area contributed by atoms with Gasteiger partial charge in [-0.2, -0.15) is 0 Å². The number of nitrogens with zero attached hydrogens (tertiary/aromatic N) is 1. The van der Waals surface area contributed by atoms with Crippen LogP contribution in [0.5, 0.6) is 0 Å². The van der Waals surface area contributed by atoms with Gasteiger partial charge >= 0.3 is 5.97 Å². The van der Waals surface area contributed by atoms with Crippen molar-refractivity contribution < 1.29 is 14.4 Å². The van der Waals surface area contributed by atoms with Gasteiger partial charge in [-0.05, 0) is 17.7 Å². The molecule has 0 unspecified atom stereocenters. The number of rotatable bonds is 2. The summed E-state index contributed by atoms with van der Waals surface area (Å²) in [4.78, 5) is 18.1. The van der Waals surface area contributed by atoms with Crippen molar-refractivity contribution >= 4 is 11.7 Å². The van der Waals surface area contributed by atoms with E-state index in [0.29, 0.717) is 6.61 Å². The molecule has 0 N–H and O–H groups in total. The average Bonchev–Trinajstić information content (AvgIpc) is 3.09. The molecule has 0 spiro atoms. The van der Waals surface area contributed by atoms with Gasteiger partial charge in [-0.25, -0.2) is 5.06 Å². The highest BCUT2D eigenvalue weighted by molar-refractivity contribution is 5.78. The molecule has 2 aliphatic rings. The predicted octanol–water partition coefficient (Wildman–Crippen LogP) is 2.72. The Kier molecular flexibility index (Phi) is 2.89. The SMILES string of the molecule is O=C1OC[C@@H]2ON(c3ccccc3)[C@@H](c3ccccc3)[C@H]12. The summed E-state index contributed by atoms with van der Waals surface area (Å²) in [5.74, 6) is -0.445. The molecule has 106 valence electrons. The molecule has 2 fully saturated rings. The monoisotopic (exact) mass is 281 g/mol. The number of benzene rings is 2. The summed E-state index contributed by atoms with van der Waals surface area (Å²) in [5.41, 5.74) is 2.02. The van der Waals surface area contributed by atoms with Gasteiger partial charge < -0.3 is 4.74 Å². The van der Waals surface area contributed by atoms with Crippen molar-refractivity contribution in [1.82, 2.24) is 0 Å². The Labute approximate surface area is 122 Å². The molecule has 3 atom stereocenters. The number of ether oxygens (including phenoxy) is 1. The molecule has 2 heterocycles. The topological polar surface area (TPSA) is 38.8 Å². The summed E-state index contributed by atoms with van der Waals surface area (Å²) in [6.07, 6.45) is -0.206. The van der Waals surface area contributed by atoms with E-state index in [9.17, 15) is 4.79 Å². The van der Waals surface area contributed by atoms with Crippen molar-refractivity contribution in [2.24, 2.45) is 5.92 Å². The minimum absolute atomic E-state index is 0.145. The molecule has 0 aromatic heterocycles. The lowest BCUT2D eigenvalue weighted by molar-refractivity contribution is -0.141. The van der Waals surface area contributed by atoms with Crippen LogP contribution < -0.4 is 5.06 Å². The summed E-state index contributed by atoms with van der Waals surface area (Å²) in [6.45, 7) is 0.330. The van der Waals surface area contributed by atoms with Gasteiger partial charge in [0.25, 0.3) is 0 Å². The van der Waals surface area contributed by atoms with E-state index < -0.39 is 0 Å². The fourth-order valence-electron chi connectivity index (χ4n) is 3.09. The molecule has 0 aliphatic carbocycles. The first kappa shape index (κ1) is 12.4. The van der Waals surface area contributed by atoms with Gasteiger partial charge in [0.15, 0.2) is 0 Å². The Hall–Kier alpha value is -2.33. The molecule has 4 rings (SSSR count). The van der Waals surface area contributed by atoms with Gasteiger partial charge in [0.05, 0.1) is 11.7 Å². The summed E-state index contributed by atoms with van der Waals surface area (Å²) < 4.78 is 5.17. The molecule has 0 saturated carbocycles. The minimum atomic E-state index is -0.271. The maximum absolute atomic E-state index is 12.1. The van der Waals surface area contributed by atoms with Crippen molar-refractivity contribution in [3.63, 3.8) is 0 Å². The lowest BCUT2D eigenvalue weighted by Crippen LogP contribution is -2.27. The average molecular weight is 281 g/mol. The predicted molar refractivity (Wildman–Crippen MR) is 77.4 cm³/mol. The highest BCUT2D eigenvalue weighted by Gasteiger charge is 2.53. The van der Waals surface area contributed by atoms with Crippen molar-refractivity contribution in [3.05, 3.63) is 66.2 Å². The highest BCUT2D eigenvalue weighted by atomic mass is 16.7. The molecular formula is C17H15NO3. The maximum atomic E-state index is 12.1. The highest BCUT2D eigenvalue weighted by Crippen LogP contribution is 2.45. The first-order valence-electron chi connectivity index (χ1n) is 7.07. The third-order valence-electron chi connectivity index (χ3n) is 4.06. The molecule has 4 heteroatoms. The van der Waals surface area contributed by atoms with Crippen molar-refractivity contribution in [3.8, 4) is 0 Å². The molecule has 2 aromatic carbocycles. The number of esters is 1. The number of carbonyl (C=O) groups excluding carboxylic acids is 1. The number of carbonyl (C=O) groups is 1. The van der Waals surface area contributed by atoms with Crippen molar-refractivity contribution in [1.29, 1.82) is 0 Å². The number of hydrogen-bond acceptors (Lipinski definition) is 4. The van der Waals surface area contributed by atoms with E-state index in [1.807, 2.05) is 65.7 Å². The van der Waals surface area contributed by atoms with Crippen LogP contribution in [0.25, 0.3) is 0 Å². The van der Waals surface area contributed by atoms with Crippen LogP contribution in [0.15, 0.2) is 60.7 Å². The summed E-state index contributed by atoms with van der Waals surface area (Å²) >= 11 is 0. The van der Waals surface area contributed by atoms with Crippen LogP contribution in [0.2, 0.25) is 0 Å². The lowest BCUT2D eigenvalue weighted by Gasteiger charge is -2.27. The smallest absolute Gasteiger partial charge is 0.314 e. The summed E-state index contributed by atoms with van der Waals surface area (Å²) in [5, 5.41) is 1.85. The van der Waals surface area contributed by atoms with Crippen LogP contribution in [0.4, 0.5) is 5.69 Å². The largest absolute Gasteiger partial charge is 0.462 e. The number of anilines is 1. The Balaban J connectivity index is 1.78. The van der Waals surface area contributed by atoms with Crippen LogP contribution in [-0.2, 0) is 14.4 Å². The molecule has 0 amide bonds. The Morgan fingerprint density at radius 1 is 0.952 bits per heavy atom. The first-order chi connectivity index (χ1) is 10.3. The van der Waals surface area contributed by atoms with E-state index in [1.165, 1.54) is 0 Å². The number of cyclic esters (lactones) is 1. The molecule has 21 heavy (non-hydrogen) atoms. The van der Waals surface area contributed by atoms with E-state index in [-0.39, 0.29) is 24.0 Å². The van der Waals surface area contributed by atoms with Gasteiger partial charge in [-0.1, -0.05) is 48.5 Å². The van der Waals surface area contributed by atoms with Crippen molar-refractivity contribution in [2.45, 2.75) is 12.1 Å². The molecule has 2 aromatic rings. The van der Waals surface area contributed by atoms with Gasteiger partial charge in [-0.3, -0.25) is 9.63 Å². The van der Waals surface area contributed by atoms with Gasteiger partial charge in [-0.15, -0.1) is 0 Å². The number of hydroxylamine groups is 1. The summed E-state index contributed by atoms with van der Waals surface area (Å²) in [7, 11) is 0. The van der Waals surface area contributed by atoms with Crippen LogP contribution in [0.3, 0.4) is 0 Å². The Bertz CT molecular complexity index is 644. The fraction of sp³-hybridized carbons (Fsp3) is 0.235. The number of fused-ring (bicyclic) bond motifs is 1. The van der Waals surface area contributed by atoms with Crippen LogP contribution in [0, 0.1) is 5.92 Å². The number of para-hydroxylation sites is 1. The van der Waals surface area contributed by atoms with Crippen LogP contribution in [0.1, 0.15) is 11.6 Å². The Morgan fingerprint density at radius 2 is 1.62 bits per heavy atom. The molecule has 2 saturated heterocycles. The first-order valence-corrected chi connectivity index (χ1v) is 7.07. The summed E-state index contributed by atoms with van der Waals surface area (Å²) in [6, 6.07) is 19.7. The number of hydrogen-bond donors (Lipinski definition) is 0. The van der Waals surface area contributed by atoms with Crippen LogP contribution >= 0.6 is 0 Å². The standard InChI is InChI=1S/C17H15NO3/c19-17-15-14(11-20-17)21-18(13-9-5-2-6-10-13)16(15)12-7-3-1-4-8-12/h1-10,14-16H,11H2/t14-,15+,16-/m0/s1. The maximum Gasteiger partial charge on any atom is 0.314 e. The van der Waals surface area contributed by atoms with Gasteiger partial charge in [0, 0.05) is 0 Å². The molecular weight excluding hydrogens is 266 g/mol. The van der Waals surface area contributed by atoms with Gasteiger partial charge in [0.1, 0.15) is 18.6 Å². The second kappa shape index (κ2) is 4.90. The van der Waals surface area contributed by atoms with E-state index in [1.54, 1.807) is 0 Å². The normalized spacial score (nSPS) is 27.5. The molecule has 0 bridgehead atoms. The second-order valence-electron chi connectivity index (χ2n) is 5.32. The fourth-order valence-corrected chi connectivity index (χ4v) is 3.09. The third-order valence-corrected chi connectivity index (χ3v) is 4.06. The Morgan fingerprint density at radius 3 is 2.33 bits per heavy atom. The lowest BCUT2D eigenvalue weighted by atomic mass is 9.91. The van der Waals surface area contributed by atoms with Gasteiger partial charge in [0.2, 0.25) is 0 Å². The zero-order valence-corrected chi connectivity index (χ0v) is 11.4. The second-order valence-corrected chi connectivity index (χ2v) is 5.32. The quantitative estimate of drug-likeness (QED) is 0.793. The van der Waals surface area contributed by atoms with E-state index in [0.717, 1.165) is 11.3 Å².